The van der Waals surface area contributed by atoms with Crippen LogP contribution in [0.2, 0.25) is 10.0 Å². The smallest absolute Gasteiger partial charge is 0.261 e. The van der Waals surface area contributed by atoms with Crippen molar-refractivity contribution in [3.05, 3.63) is 98.8 Å². The minimum Gasteiger partial charge on any atom is -0.454 e. The molecule has 0 aliphatic heterocycles. The lowest BCUT2D eigenvalue weighted by Gasteiger charge is -2.13. The molecule has 3 aromatic carbocycles. The first kappa shape index (κ1) is 19.1. The highest BCUT2D eigenvalue weighted by molar-refractivity contribution is 6.35. The highest BCUT2D eigenvalue weighted by atomic mass is 35.5. The zero-order valence-electron chi connectivity index (χ0n) is 14.9. The Labute approximate surface area is 175 Å². The molecule has 7 heteroatoms. The summed E-state index contributed by atoms with van der Waals surface area (Å²) in [6.45, 7) is 0. The van der Waals surface area contributed by atoms with Crippen molar-refractivity contribution < 1.29 is 9.53 Å². The summed E-state index contributed by atoms with van der Waals surface area (Å²) in [5, 5.41) is 4.00. The van der Waals surface area contributed by atoms with E-state index in [0.717, 1.165) is 0 Å². The van der Waals surface area contributed by atoms with Gasteiger partial charge in [-0.25, -0.2) is 0 Å². The predicted molar refractivity (Wildman–Crippen MR) is 115 cm³/mol. The molecular formula is C22H14Cl2N2O3. The third-order valence-electron chi connectivity index (χ3n) is 4.28. The van der Waals surface area contributed by atoms with Crippen molar-refractivity contribution >= 4 is 45.7 Å². The number of carbonyl (C=O) groups excluding carboxylic acids is 1. The van der Waals surface area contributed by atoms with E-state index < -0.39 is 5.91 Å². The van der Waals surface area contributed by atoms with E-state index in [0.29, 0.717) is 38.1 Å². The van der Waals surface area contributed by atoms with Crippen LogP contribution in [0.5, 0.6) is 11.5 Å². The minimum absolute atomic E-state index is 0.00280. The topological polar surface area (TPSA) is 71.2 Å². The summed E-state index contributed by atoms with van der Waals surface area (Å²) in [6.07, 6.45) is 1.40. The quantitative estimate of drug-likeness (QED) is 0.429. The van der Waals surface area contributed by atoms with Crippen molar-refractivity contribution in [1.82, 2.24) is 4.98 Å². The maximum absolute atomic E-state index is 12.8. The number of H-pyrrole nitrogens is 1. The molecule has 0 atom stereocenters. The first-order chi connectivity index (χ1) is 14.0. The van der Waals surface area contributed by atoms with E-state index in [2.05, 4.69) is 10.3 Å². The van der Waals surface area contributed by atoms with Gasteiger partial charge in [0, 0.05) is 22.1 Å². The van der Waals surface area contributed by atoms with Crippen LogP contribution in [0, 0.1) is 0 Å². The fourth-order valence-electron chi connectivity index (χ4n) is 2.86. The summed E-state index contributed by atoms with van der Waals surface area (Å²) in [5.74, 6) is 0.221. The lowest BCUT2D eigenvalue weighted by atomic mass is 10.1. The fraction of sp³-hybridized carbons (Fsp3) is 0. The van der Waals surface area contributed by atoms with Crippen LogP contribution in [0.3, 0.4) is 0 Å². The third kappa shape index (κ3) is 3.97. The van der Waals surface area contributed by atoms with Crippen LogP contribution in [0.25, 0.3) is 10.9 Å². The number of para-hydroxylation sites is 3. The number of aromatic nitrogens is 1. The predicted octanol–water partition coefficient (Wildman–Crippen LogP) is 5.88. The number of nitrogens with one attached hydrogen (secondary N) is 2. The van der Waals surface area contributed by atoms with Crippen molar-refractivity contribution in [2.45, 2.75) is 0 Å². The number of pyridine rings is 1. The van der Waals surface area contributed by atoms with Gasteiger partial charge in [-0.2, -0.15) is 0 Å². The molecule has 29 heavy (non-hydrogen) atoms. The minimum atomic E-state index is -0.546. The first-order valence-electron chi connectivity index (χ1n) is 8.66. The number of anilines is 1. The molecule has 1 amide bonds. The average Bonchev–Trinajstić information content (AvgIpc) is 2.72. The largest absolute Gasteiger partial charge is 0.454 e. The van der Waals surface area contributed by atoms with E-state index in [-0.39, 0.29) is 11.0 Å². The SMILES string of the molecule is O=C(Nc1ccccc1Oc1ccc(Cl)cc1Cl)c1c[nH]c2ccccc2c1=O. The van der Waals surface area contributed by atoms with Gasteiger partial charge in [-0.15, -0.1) is 0 Å². The van der Waals surface area contributed by atoms with E-state index >= 15 is 0 Å². The maximum Gasteiger partial charge on any atom is 0.261 e. The number of amides is 1. The Morgan fingerprint density at radius 2 is 1.69 bits per heavy atom. The summed E-state index contributed by atoms with van der Waals surface area (Å²) in [5.41, 5.74) is 0.713. The molecule has 5 nitrogen and oxygen atoms in total. The second-order valence-electron chi connectivity index (χ2n) is 6.20. The van der Waals surface area contributed by atoms with E-state index in [4.69, 9.17) is 27.9 Å². The molecule has 0 saturated heterocycles. The van der Waals surface area contributed by atoms with Gasteiger partial charge < -0.3 is 15.0 Å². The number of halogens is 2. The molecule has 144 valence electrons. The third-order valence-corrected chi connectivity index (χ3v) is 4.81. The number of hydrogen-bond donors (Lipinski definition) is 2. The summed E-state index contributed by atoms with van der Waals surface area (Å²) >= 11 is 12.1. The molecule has 0 radical (unpaired) electrons. The van der Waals surface area contributed by atoms with Crippen LogP contribution in [-0.2, 0) is 0 Å². The van der Waals surface area contributed by atoms with Gasteiger partial charge in [0.05, 0.1) is 10.7 Å². The monoisotopic (exact) mass is 424 g/mol. The molecule has 1 aromatic heterocycles. The van der Waals surface area contributed by atoms with Crippen molar-refractivity contribution in [1.29, 1.82) is 0 Å². The maximum atomic E-state index is 12.8. The fourth-order valence-corrected chi connectivity index (χ4v) is 3.31. The molecule has 0 saturated carbocycles. The van der Waals surface area contributed by atoms with Crippen LogP contribution in [0.1, 0.15) is 10.4 Å². The van der Waals surface area contributed by atoms with Crippen molar-refractivity contribution in [3.8, 4) is 11.5 Å². The molecule has 0 fully saturated rings. The molecule has 4 aromatic rings. The van der Waals surface area contributed by atoms with Crippen molar-refractivity contribution in [2.75, 3.05) is 5.32 Å². The van der Waals surface area contributed by atoms with Gasteiger partial charge in [0.1, 0.15) is 11.3 Å². The molecule has 0 unspecified atom stereocenters. The molecule has 2 N–H and O–H groups in total. The number of hydrogen-bond acceptors (Lipinski definition) is 3. The van der Waals surface area contributed by atoms with Gasteiger partial charge in [-0.3, -0.25) is 9.59 Å². The number of carbonyl (C=O) groups is 1. The van der Waals surface area contributed by atoms with Crippen LogP contribution < -0.4 is 15.5 Å². The highest BCUT2D eigenvalue weighted by Crippen LogP contribution is 2.35. The van der Waals surface area contributed by atoms with Gasteiger partial charge in [-0.1, -0.05) is 47.5 Å². The summed E-state index contributed by atoms with van der Waals surface area (Å²) in [7, 11) is 0. The Kier molecular flexibility index (Phi) is 5.25. The zero-order chi connectivity index (χ0) is 20.4. The molecule has 0 bridgehead atoms. The van der Waals surface area contributed by atoms with Crippen molar-refractivity contribution in [3.63, 3.8) is 0 Å². The standard InChI is InChI=1S/C22H14Cl2N2O3/c23-13-9-10-19(16(24)11-13)29-20-8-4-3-7-18(20)26-22(28)15-12-25-17-6-2-1-5-14(17)21(15)27/h1-12H,(H,25,27)(H,26,28). The lowest BCUT2D eigenvalue weighted by Crippen LogP contribution is -2.22. The Balaban J connectivity index is 1.64. The Hall–Kier alpha value is -3.28. The van der Waals surface area contributed by atoms with Gasteiger partial charge >= 0.3 is 0 Å². The second-order valence-corrected chi connectivity index (χ2v) is 7.05. The molecule has 0 spiro atoms. The van der Waals surface area contributed by atoms with Gasteiger partial charge in [0.15, 0.2) is 5.75 Å². The van der Waals surface area contributed by atoms with Crippen LogP contribution in [-0.4, -0.2) is 10.9 Å². The number of benzene rings is 3. The Morgan fingerprint density at radius 1 is 0.931 bits per heavy atom. The molecule has 0 aliphatic carbocycles. The van der Waals surface area contributed by atoms with E-state index in [1.54, 1.807) is 60.7 Å². The number of rotatable bonds is 4. The van der Waals surface area contributed by atoms with Gasteiger partial charge in [-0.05, 0) is 42.5 Å². The highest BCUT2D eigenvalue weighted by Gasteiger charge is 2.16. The number of fused-ring (bicyclic) bond motifs is 1. The van der Waals surface area contributed by atoms with E-state index in [9.17, 15) is 9.59 Å². The van der Waals surface area contributed by atoms with Crippen LogP contribution >= 0.6 is 23.2 Å². The summed E-state index contributed by atoms with van der Waals surface area (Å²) < 4.78 is 5.84. The Morgan fingerprint density at radius 3 is 2.52 bits per heavy atom. The molecule has 0 aliphatic rings. The van der Waals surface area contributed by atoms with Gasteiger partial charge in [0.2, 0.25) is 5.43 Å². The van der Waals surface area contributed by atoms with Crippen LogP contribution in [0.4, 0.5) is 5.69 Å². The summed E-state index contributed by atoms with van der Waals surface area (Å²) in [4.78, 5) is 28.4. The Bertz CT molecular complexity index is 1280. The normalized spacial score (nSPS) is 10.7. The lowest BCUT2D eigenvalue weighted by molar-refractivity contribution is 0.102. The summed E-state index contributed by atoms with van der Waals surface area (Å²) in [6, 6.07) is 18.7. The molecule has 1 heterocycles. The second kappa shape index (κ2) is 7.99. The van der Waals surface area contributed by atoms with Gasteiger partial charge in [0.25, 0.3) is 5.91 Å². The van der Waals surface area contributed by atoms with Crippen LogP contribution in [0.15, 0.2) is 77.7 Å². The number of aromatic amines is 1. The van der Waals surface area contributed by atoms with E-state index in [1.165, 1.54) is 6.20 Å². The van der Waals surface area contributed by atoms with Crippen molar-refractivity contribution in [2.24, 2.45) is 0 Å². The number of ether oxygens (including phenoxy) is 1. The zero-order valence-corrected chi connectivity index (χ0v) is 16.4. The average molecular weight is 425 g/mol. The van der Waals surface area contributed by atoms with E-state index in [1.807, 2.05) is 6.07 Å². The molecular weight excluding hydrogens is 411 g/mol. The first-order valence-corrected chi connectivity index (χ1v) is 9.42. The molecule has 4 rings (SSSR count).